The molecule has 2 aromatic rings. The molecule has 2 aromatic carbocycles. The first kappa shape index (κ1) is 27.5. The number of hydrogen-bond donors (Lipinski definition) is 0. The Morgan fingerprint density at radius 1 is 0.974 bits per heavy atom. The third kappa shape index (κ3) is 4.72. The molecular weight excluding hydrogens is 484 g/mol. The Morgan fingerprint density at radius 3 is 2.16 bits per heavy atom. The smallest absolute Gasteiger partial charge is 0.257 e. The zero-order valence-electron chi connectivity index (χ0n) is 23.4. The van der Waals surface area contributed by atoms with Crippen LogP contribution in [-0.2, 0) is 20.8 Å². The molecule has 1 saturated heterocycles. The molecule has 1 aliphatic carbocycles. The van der Waals surface area contributed by atoms with Crippen molar-refractivity contribution in [2.45, 2.75) is 53.5 Å². The second-order valence-electron chi connectivity index (χ2n) is 11.1. The number of amides is 3. The zero-order valence-corrected chi connectivity index (χ0v) is 23.4. The molecular formula is C30H38N2O6. The second kappa shape index (κ2) is 10.3. The molecule has 204 valence electrons. The average Bonchev–Trinajstić information content (AvgIpc) is 3.12. The fraction of sp³-hybridized carbons (Fsp3) is 0.500. The average molecular weight is 523 g/mol. The van der Waals surface area contributed by atoms with Crippen LogP contribution in [0.25, 0.3) is 0 Å². The number of benzene rings is 2. The lowest BCUT2D eigenvalue weighted by atomic mass is 10.0. The lowest BCUT2D eigenvalue weighted by Crippen LogP contribution is -2.47. The normalized spacial score (nSPS) is 19.9. The minimum Gasteiger partial charge on any atom is -0.494 e. The van der Waals surface area contributed by atoms with Crippen LogP contribution in [0.15, 0.2) is 42.5 Å². The summed E-state index contributed by atoms with van der Waals surface area (Å²) in [5.74, 6) is 0.868. The monoisotopic (exact) mass is 522 g/mol. The molecule has 4 rings (SSSR count). The highest BCUT2D eigenvalue weighted by Crippen LogP contribution is 2.69. The number of anilines is 1. The van der Waals surface area contributed by atoms with Crippen LogP contribution < -0.4 is 19.1 Å². The van der Waals surface area contributed by atoms with Crippen LogP contribution in [-0.4, -0.2) is 56.0 Å². The van der Waals surface area contributed by atoms with Gasteiger partial charge in [-0.15, -0.1) is 0 Å². The Kier molecular flexibility index (Phi) is 7.46. The van der Waals surface area contributed by atoms with E-state index >= 15 is 0 Å². The van der Waals surface area contributed by atoms with E-state index in [1.54, 1.807) is 43.4 Å². The third-order valence-electron chi connectivity index (χ3n) is 8.55. The number of hydrogen-bond acceptors (Lipinski definition) is 6. The van der Waals surface area contributed by atoms with Crippen LogP contribution >= 0.6 is 0 Å². The second-order valence-corrected chi connectivity index (χ2v) is 11.1. The van der Waals surface area contributed by atoms with Crippen molar-refractivity contribution in [3.63, 3.8) is 0 Å². The van der Waals surface area contributed by atoms with Gasteiger partial charge in [0, 0.05) is 12.5 Å². The molecule has 0 radical (unpaired) electrons. The predicted molar refractivity (Wildman–Crippen MR) is 145 cm³/mol. The van der Waals surface area contributed by atoms with Crippen molar-refractivity contribution in [3.8, 4) is 17.2 Å². The van der Waals surface area contributed by atoms with Crippen LogP contribution in [0.3, 0.4) is 0 Å². The molecule has 8 nitrogen and oxygen atoms in total. The molecule has 0 N–H and O–H groups in total. The van der Waals surface area contributed by atoms with Crippen molar-refractivity contribution < 1.29 is 28.6 Å². The summed E-state index contributed by atoms with van der Waals surface area (Å²) in [4.78, 5) is 43.6. The molecule has 1 heterocycles. The molecule has 1 atom stereocenters. The summed E-state index contributed by atoms with van der Waals surface area (Å²) in [7, 11) is 3.16. The van der Waals surface area contributed by atoms with Crippen molar-refractivity contribution in [1.29, 1.82) is 0 Å². The minimum atomic E-state index is -0.853. The number of carbonyl (C=O) groups excluding carboxylic acids is 3. The highest BCUT2D eigenvalue weighted by molar-refractivity contribution is 6.23. The number of imide groups is 1. The molecule has 3 amide bonds. The van der Waals surface area contributed by atoms with Crippen molar-refractivity contribution in [1.82, 2.24) is 4.90 Å². The molecule has 1 aliphatic heterocycles. The first-order chi connectivity index (χ1) is 18.0. The summed E-state index contributed by atoms with van der Waals surface area (Å²) in [5.41, 5.74) is 1.01. The predicted octanol–water partition coefficient (Wildman–Crippen LogP) is 4.49. The first-order valence-electron chi connectivity index (χ1n) is 13.1. The summed E-state index contributed by atoms with van der Waals surface area (Å²) < 4.78 is 16.3. The van der Waals surface area contributed by atoms with Gasteiger partial charge in [0.25, 0.3) is 5.91 Å². The van der Waals surface area contributed by atoms with E-state index in [0.717, 1.165) is 5.56 Å². The largest absolute Gasteiger partial charge is 0.494 e. The van der Waals surface area contributed by atoms with E-state index in [1.165, 1.54) is 4.90 Å². The Balaban J connectivity index is 1.61. The highest BCUT2D eigenvalue weighted by atomic mass is 16.5. The third-order valence-corrected chi connectivity index (χ3v) is 8.55. The SMILES string of the molecule is CCOc1ccc(N2C(=O)CC(N(CCc3ccc(OC)c(OC)c3)C(=O)C3C(C)(C)C3(C)C)C2=O)cc1. The van der Waals surface area contributed by atoms with E-state index in [0.29, 0.717) is 42.5 Å². The molecule has 1 unspecified atom stereocenters. The van der Waals surface area contributed by atoms with Crippen LogP contribution in [0.2, 0.25) is 0 Å². The Labute approximate surface area is 224 Å². The van der Waals surface area contributed by atoms with Gasteiger partial charge in [0.1, 0.15) is 11.8 Å². The Bertz CT molecular complexity index is 1210. The lowest BCUT2D eigenvalue weighted by Gasteiger charge is -2.29. The number of rotatable bonds is 10. The summed E-state index contributed by atoms with van der Waals surface area (Å²) >= 11 is 0. The topological polar surface area (TPSA) is 85.4 Å². The number of nitrogens with zero attached hydrogens (tertiary/aromatic N) is 2. The van der Waals surface area contributed by atoms with Crippen molar-refractivity contribution in [3.05, 3.63) is 48.0 Å². The summed E-state index contributed by atoms with van der Waals surface area (Å²) in [5, 5.41) is 0. The first-order valence-corrected chi connectivity index (χ1v) is 13.1. The molecule has 38 heavy (non-hydrogen) atoms. The summed E-state index contributed by atoms with van der Waals surface area (Å²) in [6, 6.07) is 11.6. The maximum Gasteiger partial charge on any atom is 0.257 e. The molecule has 8 heteroatoms. The maximum atomic E-state index is 14.0. The number of ether oxygens (including phenoxy) is 3. The van der Waals surface area contributed by atoms with Crippen molar-refractivity contribution in [2.75, 3.05) is 32.3 Å². The Morgan fingerprint density at radius 2 is 1.61 bits per heavy atom. The number of methoxy groups -OCH3 is 2. The summed E-state index contributed by atoms with van der Waals surface area (Å²) in [6.07, 6.45) is 0.456. The van der Waals surface area contributed by atoms with Gasteiger partial charge in [-0.3, -0.25) is 14.4 Å². The van der Waals surface area contributed by atoms with Gasteiger partial charge in [-0.25, -0.2) is 4.90 Å². The maximum absolute atomic E-state index is 14.0. The minimum absolute atomic E-state index is 0.0443. The molecule has 0 spiro atoms. The van der Waals surface area contributed by atoms with Gasteiger partial charge in [0.2, 0.25) is 11.8 Å². The van der Waals surface area contributed by atoms with Gasteiger partial charge < -0.3 is 19.1 Å². The van der Waals surface area contributed by atoms with Crippen molar-refractivity contribution in [2.24, 2.45) is 16.7 Å². The van der Waals surface area contributed by atoms with Crippen LogP contribution in [0, 0.1) is 16.7 Å². The van der Waals surface area contributed by atoms with E-state index in [-0.39, 0.29) is 40.9 Å². The van der Waals surface area contributed by atoms with E-state index < -0.39 is 6.04 Å². The van der Waals surface area contributed by atoms with Gasteiger partial charge >= 0.3 is 0 Å². The highest BCUT2D eigenvalue weighted by Gasteiger charge is 2.69. The van der Waals surface area contributed by atoms with Gasteiger partial charge in [-0.1, -0.05) is 33.8 Å². The van der Waals surface area contributed by atoms with E-state index in [2.05, 4.69) is 27.7 Å². The quantitative estimate of drug-likeness (QED) is 0.428. The van der Waals surface area contributed by atoms with Gasteiger partial charge in [-0.05, 0) is 66.1 Å². The van der Waals surface area contributed by atoms with E-state index in [9.17, 15) is 14.4 Å². The Hall–Kier alpha value is -3.55. The van der Waals surface area contributed by atoms with Crippen LogP contribution in [0.4, 0.5) is 5.69 Å². The van der Waals surface area contributed by atoms with Crippen LogP contribution in [0.1, 0.15) is 46.6 Å². The summed E-state index contributed by atoms with van der Waals surface area (Å²) in [6.45, 7) is 11.0. The fourth-order valence-corrected chi connectivity index (χ4v) is 5.67. The van der Waals surface area contributed by atoms with Crippen molar-refractivity contribution >= 4 is 23.4 Å². The fourth-order valence-electron chi connectivity index (χ4n) is 5.67. The molecule has 0 aromatic heterocycles. The standard InChI is InChI=1S/C30H38N2O6/c1-8-38-21-12-10-20(11-13-21)32-25(33)18-22(27(32)34)31(28(35)26-29(2,3)30(26,4)5)16-15-19-9-14-23(36-6)24(17-19)37-7/h9-14,17,22,26H,8,15-16,18H2,1-7H3. The molecule has 2 fully saturated rings. The molecule has 1 saturated carbocycles. The van der Waals surface area contributed by atoms with E-state index in [4.69, 9.17) is 14.2 Å². The van der Waals surface area contributed by atoms with Crippen LogP contribution in [0.5, 0.6) is 17.2 Å². The number of carbonyl (C=O) groups is 3. The zero-order chi connectivity index (χ0) is 27.8. The molecule has 2 aliphatic rings. The van der Waals surface area contributed by atoms with E-state index in [1.807, 2.05) is 25.1 Å². The van der Waals surface area contributed by atoms with Gasteiger partial charge in [0.15, 0.2) is 11.5 Å². The van der Waals surface area contributed by atoms with Gasteiger partial charge in [-0.2, -0.15) is 0 Å². The molecule has 0 bridgehead atoms. The van der Waals surface area contributed by atoms with Gasteiger partial charge in [0.05, 0.1) is 32.9 Å². The lowest BCUT2D eigenvalue weighted by molar-refractivity contribution is -0.140.